The number of hydrogen-bond acceptors (Lipinski definition) is 3. The lowest BCUT2D eigenvalue weighted by Crippen LogP contribution is -2.06. The van der Waals surface area contributed by atoms with Gasteiger partial charge in [-0.15, -0.1) is 0 Å². The lowest BCUT2D eigenvalue weighted by atomic mass is 10.1. The Morgan fingerprint density at radius 3 is 2.19 bits per heavy atom. The SMILES string of the molecule is NCCc1ncc(-c2ccc(Cl)cc2)cn1. The second kappa shape index (κ2) is 5.05. The zero-order valence-electron chi connectivity index (χ0n) is 8.73. The van der Waals surface area contributed by atoms with Gasteiger partial charge in [0.2, 0.25) is 0 Å². The van der Waals surface area contributed by atoms with Gasteiger partial charge in [0.1, 0.15) is 5.82 Å². The molecule has 4 heteroatoms. The summed E-state index contributed by atoms with van der Waals surface area (Å²) in [7, 11) is 0. The second-order valence-corrected chi connectivity index (χ2v) is 3.87. The second-order valence-electron chi connectivity index (χ2n) is 3.43. The van der Waals surface area contributed by atoms with Crippen LogP contribution in [0.3, 0.4) is 0 Å². The van der Waals surface area contributed by atoms with Gasteiger partial charge in [-0.2, -0.15) is 0 Å². The Hall–Kier alpha value is -1.45. The van der Waals surface area contributed by atoms with E-state index in [4.69, 9.17) is 17.3 Å². The monoisotopic (exact) mass is 233 g/mol. The molecule has 0 spiro atoms. The smallest absolute Gasteiger partial charge is 0.129 e. The van der Waals surface area contributed by atoms with Crippen molar-refractivity contribution in [2.24, 2.45) is 5.73 Å². The molecule has 0 saturated heterocycles. The van der Waals surface area contributed by atoms with Crippen LogP contribution >= 0.6 is 11.6 Å². The molecule has 0 aliphatic carbocycles. The van der Waals surface area contributed by atoms with Crippen LogP contribution in [0.2, 0.25) is 5.02 Å². The Balaban J connectivity index is 2.24. The van der Waals surface area contributed by atoms with Crippen molar-refractivity contribution in [2.75, 3.05) is 6.54 Å². The van der Waals surface area contributed by atoms with E-state index < -0.39 is 0 Å². The molecule has 1 aromatic carbocycles. The molecule has 1 heterocycles. The zero-order valence-corrected chi connectivity index (χ0v) is 9.48. The lowest BCUT2D eigenvalue weighted by molar-refractivity contribution is 0.868. The quantitative estimate of drug-likeness (QED) is 0.885. The van der Waals surface area contributed by atoms with E-state index in [0.29, 0.717) is 13.0 Å². The molecular weight excluding hydrogens is 222 g/mol. The first-order valence-corrected chi connectivity index (χ1v) is 5.44. The van der Waals surface area contributed by atoms with Gasteiger partial charge >= 0.3 is 0 Å². The summed E-state index contributed by atoms with van der Waals surface area (Å²) in [6.45, 7) is 0.570. The van der Waals surface area contributed by atoms with Crippen LogP contribution in [-0.4, -0.2) is 16.5 Å². The third-order valence-electron chi connectivity index (χ3n) is 2.25. The first kappa shape index (κ1) is 11.0. The summed E-state index contributed by atoms with van der Waals surface area (Å²) in [6, 6.07) is 7.60. The van der Waals surface area contributed by atoms with Crippen LogP contribution in [0.4, 0.5) is 0 Å². The average molecular weight is 234 g/mol. The van der Waals surface area contributed by atoms with E-state index in [1.165, 1.54) is 0 Å². The van der Waals surface area contributed by atoms with Gasteiger partial charge < -0.3 is 5.73 Å². The van der Waals surface area contributed by atoms with E-state index in [-0.39, 0.29) is 0 Å². The number of nitrogens with zero attached hydrogens (tertiary/aromatic N) is 2. The van der Waals surface area contributed by atoms with Crippen molar-refractivity contribution in [2.45, 2.75) is 6.42 Å². The molecule has 0 aliphatic rings. The molecule has 0 amide bonds. The fraction of sp³-hybridized carbons (Fsp3) is 0.167. The lowest BCUT2D eigenvalue weighted by Gasteiger charge is -2.02. The first-order valence-electron chi connectivity index (χ1n) is 5.06. The van der Waals surface area contributed by atoms with E-state index >= 15 is 0 Å². The highest BCUT2D eigenvalue weighted by atomic mass is 35.5. The van der Waals surface area contributed by atoms with Crippen LogP contribution in [-0.2, 0) is 6.42 Å². The minimum Gasteiger partial charge on any atom is -0.330 e. The van der Waals surface area contributed by atoms with Crippen LogP contribution in [0, 0.1) is 0 Å². The number of aromatic nitrogens is 2. The standard InChI is InChI=1S/C12H12ClN3/c13-11-3-1-9(2-4-11)10-7-15-12(5-6-14)16-8-10/h1-4,7-8H,5-6,14H2. The summed E-state index contributed by atoms with van der Waals surface area (Å²) in [5, 5.41) is 0.726. The van der Waals surface area contributed by atoms with Crippen LogP contribution in [0.5, 0.6) is 0 Å². The molecule has 2 rings (SSSR count). The van der Waals surface area contributed by atoms with Crippen molar-refractivity contribution in [3.8, 4) is 11.1 Å². The van der Waals surface area contributed by atoms with Gasteiger partial charge in [-0.1, -0.05) is 23.7 Å². The van der Waals surface area contributed by atoms with Gasteiger partial charge in [-0.05, 0) is 24.2 Å². The normalized spacial score (nSPS) is 10.4. The molecule has 0 fully saturated rings. The molecule has 2 N–H and O–H groups in total. The molecule has 82 valence electrons. The molecule has 1 aromatic heterocycles. The fourth-order valence-electron chi connectivity index (χ4n) is 1.40. The Morgan fingerprint density at radius 1 is 1.00 bits per heavy atom. The zero-order chi connectivity index (χ0) is 11.4. The van der Waals surface area contributed by atoms with Crippen molar-refractivity contribution in [1.29, 1.82) is 0 Å². The minimum absolute atomic E-state index is 0.570. The van der Waals surface area contributed by atoms with E-state index in [2.05, 4.69) is 9.97 Å². The highest BCUT2D eigenvalue weighted by Gasteiger charge is 2.00. The highest BCUT2D eigenvalue weighted by molar-refractivity contribution is 6.30. The first-order chi connectivity index (χ1) is 7.79. The summed E-state index contributed by atoms with van der Waals surface area (Å²) in [4.78, 5) is 8.49. The molecule has 0 saturated carbocycles. The van der Waals surface area contributed by atoms with Crippen molar-refractivity contribution in [1.82, 2.24) is 9.97 Å². The molecular formula is C12H12ClN3. The Labute approximate surface area is 99.3 Å². The molecule has 0 atom stereocenters. The molecule has 0 bridgehead atoms. The highest BCUT2D eigenvalue weighted by Crippen LogP contribution is 2.19. The minimum atomic E-state index is 0.570. The predicted molar refractivity (Wildman–Crippen MR) is 65.2 cm³/mol. The van der Waals surface area contributed by atoms with E-state index in [1.54, 1.807) is 12.4 Å². The van der Waals surface area contributed by atoms with Gasteiger partial charge in [-0.3, -0.25) is 0 Å². The molecule has 0 radical (unpaired) electrons. The van der Waals surface area contributed by atoms with Gasteiger partial charge in [0, 0.05) is 29.4 Å². The number of nitrogens with two attached hydrogens (primary N) is 1. The van der Waals surface area contributed by atoms with Crippen molar-refractivity contribution in [3.63, 3.8) is 0 Å². The van der Waals surface area contributed by atoms with E-state index in [9.17, 15) is 0 Å². The topological polar surface area (TPSA) is 51.8 Å². The summed E-state index contributed by atoms with van der Waals surface area (Å²) in [5.41, 5.74) is 7.47. The third-order valence-corrected chi connectivity index (χ3v) is 2.50. The van der Waals surface area contributed by atoms with Gasteiger partial charge in [0.05, 0.1) is 0 Å². The Bertz CT molecular complexity index is 451. The molecule has 2 aromatic rings. The van der Waals surface area contributed by atoms with Crippen molar-refractivity contribution < 1.29 is 0 Å². The van der Waals surface area contributed by atoms with Crippen LogP contribution < -0.4 is 5.73 Å². The third kappa shape index (κ3) is 2.56. The van der Waals surface area contributed by atoms with Crippen molar-refractivity contribution in [3.05, 3.63) is 47.5 Å². The maximum absolute atomic E-state index is 5.82. The number of halogens is 1. The van der Waals surface area contributed by atoms with Crippen LogP contribution in [0.15, 0.2) is 36.7 Å². The average Bonchev–Trinajstić information content (AvgIpc) is 2.32. The number of benzene rings is 1. The molecule has 16 heavy (non-hydrogen) atoms. The number of rotatable bonds is 3. The maximum Gasteiger partial charge on any atom is 0.129 e. The molecule has 0 aliphatic heterocycles. The predicted octanol–water partition coefficient (Wildman–Crippen LogP) is 2.30. The summed E-state index contributed by atoms with van der Waals surface area (Å²) in [5.74, 6) is 0.778. The van der Waals surface area contributed by atoms with Gasteiger partial charge in [-0.25, -0.2) is 9.97 Å². The van der Waals surface area contributed by atoms with Crippen LogP contribution in [0.25, 0.3) is 11.1 Å². The largest absolute Gasteiger partial charge is 0.330 e. The Morgan fingerprint density at radius 2 is 1.62 bits per heavy atom. The van der Waals surface area contributed by atoms with Gasteiger partial charge in [0.25, 0.3) is 0 Å². The maximum atomic E-state index is 5.82. The molecule has 3 nitrogen and oxygen atoms in total. The summed E-state index contributed by atoms with van der Waals surface area (Å²) < 4.78 is 0. The van der Waals surface area contributed by atoms with Crippen molar-refractivity contribution >= 4 is 11.6 Å². The Kier molecular flexibility index (Phi) is 3.49. The fourth-order valence-corrected chi connectivity index (χ4v) is 1.53. The number of hydrogen-bond donors (Lipinski definition) is 1. The summed E-state index contributed by atoms with van der Waals surface area (Å²) >= 11 is 5.82. The van der Waals surface area contributed by atoms with E-state index in [0.717, 1.165) is 22.0 Å². The van der Waals surface area contributed by atoms with Crippen LogP contribution in [0.1, 0.15) is 5.82 Å². The summed E-state index contributed by atoms with van der Waals surface area (Å²) in [6.07, 6.45) is 4.32. The molecule has 0 unspecified atom stereocenters. The van der Waals surface area contributed by atoms with Gasteiger partial charge in [0.15, 0.2) is 0 Å². The van der Waals surface area contributed by atoms with E-state index in [1.807, 2.05) is 24.3 Å².